The average Bonchev–Trinajstić information content (AvgIpc) is 3.29. The van der Waals surface area contributed by atoms with Gasteiger partial charge in [-0.05, 0) is 66.0 Å². The van der Waals surface area contributed by atoms with Gasteiger partial charge < -0.3 is 15.2 Å². The molecule has 5 rings (SSSR count). The van der Waals surface area contributed by atoms with E-state index in [1.54, 1.807) is 6.07 Å². The van der Waals surface area contributed by atoms with Crippen molar-refractivity contribution in [1.82, 2.24) is 0 Å². The largest absolute Gasteiger partial charge is 0.545 e. The Bertz CT molecular complexity index is 857. The zero-order valence-electron chi connectivity index (χ0n) is 15.1. The Morgan fingerprint density at radius 2 is 1.88 bits per heavy atom. The summed E-state index contributed by atoms with van der Waals surface area (Å²) in [6, 6.07) is 14.7. The van der Waals surface area contributed by atoms with Gasteiger partial charge in [-0.3, -0.25) is 0 Å². The third kappa shape index (κ3) is 2.22. The van der Waals surface area contributed by atoms with Gasteiger partial charge in [-0.15, -0.1) is 0 Å². The van der Waals surface area contributed by atoms with E-state index >= 15 is 0 Å². The fraction of sp³-hybridized carbons (Fsp3) is 0.435. The van der Waals surface area contributed by atoms with Crippen molar-refractivity contribution in [3.63, 3.8) is 0 Å². The van der Waals surface area contributed by atoms with E-state index in [4.69, 9.17) is 0 Å². The zero-order valence-corrected chi connectivity index (χ0v) is 15.1. The molecule has 0 unspecified atom stereocenters. The van der Waals surface area contributed by atoms with E-state index in [0.717, 1.165) is 18.0 Å². The van der Waals surface area contributed by atoms with Crippen molar-refractivity contribution >= 4 is 11.7 Å². The molecular formula is C23H24NO2-. The molecule has 0 aromatic heterocycles. The van der Waals surface area contributed by atoms with Crippen molar-refractivity contribution in [2.24, 2.45) is 17.8 Å². The van der Waals surface area contributed by atoms with E-state index in [9.17, 15) is 9.90 Å². The summed E-state index contributed by atoms with van der Waals surface area (Å²) in [6.07, 6.45) is 4.91. The number of carbonyl (C=O) groups excluding carboxylic acids is 1. The summed E-state index contributed by atoms with van der Waals surface area (Å²) in [5.41, 5.74) is 4.92. The quantitative estimate of drug-likeness (QED) is 0.917. The molecule has 5 atom stereocenters. The van der Waals surface area contributed by atoms with Crippen LogP contribution in [0.25, 0.3) is 0 Å². The number of aromatic carboxylic acids is 1. The lowest BCUT2D eigenvalue weighted by Crippen LogP contribution is -2.37. The molecule has 2 bridgehead atoms. The van der Waals surface area contributed by atoms with Crippen molar-refractivity contribution in [3.8, 4) is 0 Å². The number of hydrogen-bond acceptors (Lipinski definition) is 3. The van der Waals surface area contributed by atoms with Gasteiger partial charge in [-0.2, -0.15) is 0 Å². The number of nitrogens with one attached hydrogen (secondary N) is 1. The smallest absolute Gasteiger partial charge is 0.0736 e. The summed E-state index contributed by atoms with van der Waals surface area (Å²) in [7, 11) is 0. The van der Waals surface area contributed by atoms with Crippen LogP contribution in [0.3, 0.4) is 0 Å². The molecule has 2 fully saturated rings. The van der Waals surface area contributed by atoms with Crippen molar-refractivity contribution in [3.05, 3.63) is 64.7 Å². The molecule has 3 aliphatic rings. The monoisotopic (exact) mass is 346 g/mol. The van der Waals surface area contributed by atoms with Crippen LogP contribution in [0.1, 0.15) is 65.2 Å². The highest BCUT2D eigenvalue weighted by atomic mass is 16.4. The van der Waals surface area contributed by atoms with Gasteiger partial charge in [0.15, 0.2) is 0 Å². The maximum absolute atomic E-state index is 11.7. The molecule has 1 N–H and O–H groups in total. The van der Waals surface area contributed by atoms with E-state index in [1.165, 1.54) is 36.0 Å². The topological polar surface area (TPSA) is 52.2 Å². The number of rotatable bonds is 3. The first-order valence-corrected chi connectivity index (χ1v) is 9.87. The summed E-state index contributed by atoms with van der Waals surface area (Å²) >= 11 is 0. The fourth-order valence-electron chi connectivity index (χ4n) is 5.97. The highest BCUT2D eigenvalue weighted by Crippen LogP contribution is 2.63. The van der Waals surface area contributed by atoms with Gasteiger partial charge in [-0.1, -0.05) is 49.4 Å². The predicted molar refractivity (Wildman–Crippen MR) is 100 cm³/mol. The summed E-state index contributed by atoms with van der Waals surface area (Å²) in [5, 5.41) is 15.3. The Balaban J connectivity index is 1.64. The van der Waals surface area contributed by atoms with Gasteiger partial charge in [0.25, 0.3) is 0 Å². The molecule has 1 aliphatic heterocycles. The lowest BCUT2D eigenvalue weighted by molar-refractivity contribution is -0.254. The summed E-state index contributed by atoms with van der Waals surface area (Å²) < 4.78 is 0. The summed E-state index contributed by atoms with van der Waals surface area (Å²) in [6.45, 7) is 2.17. The highest BCUT2D eigenvalue weighted by Gasteiger charge is 2.54. The molecule has 2 aromatic carbocycles. The first kappa shape index (κ1) is 15.9. The number of carboxylic acids is 1. The van der Waals surface area contributed by atoms with Gasteiger partial charge in [0, 0.05) is 11.3 Å². The molecule has 3 nitrogen and oxygen atoms in total. The van der Waals surface area contributed by atoms with Crippen molar-refractivity contribution in [1.29, 1.82) is 0 Å². The average molecular weight is 346 g/mol. The molecule has 0 spiro atoms. The van der Waals surface area contributed by atoms with Gasteiger partial charge in [0.05, 0.1) is 12.0 Å². The van der Waals surface area contributed by atoms with Crippen molar-refractivity contribution < 1.29 is 9.90 Å². The van der Waals surface area contributed by atoms with E-state index in [-0.39, 0.29) is 6.04 Å². The normalized spacial score (nSPS) is 31.2. The second-order valence-corrected chi connectivity index (χ2v) is 8.21. The number of hydrogen-bond donors (Lipinski definition) is 1. The van der Waals surface area contributed by atoms with Crippen molar-refractivity contribution in [2.45, 2.75) is 44.6 Å². The third-order valence-corrected chi connectivity index (χ3v) is 7.09. The van der Waals surface area contributed by atoms with E-state index in [1.807, 2.05) is 6.07 Å². The zero-order chi connectivity index (χ0) is 17.8. The molecule has 1 heterocycles. The molecule has 3 heteroatoms. The lowest BCUT2D eigenvalue weighted by atomic mass is 9.67. The first-order valence-electron chi connectivity index (χ1n) is 9.87. The van der Waals surface area contributed by atoms with E-state index in [2.05, 4.69) is 42.6 Å². The number of para-hydroxylation sites is 1. The molecular weight excluding hydrogens is 322 g/mol. The predicted octanol–water partition coefficient (Wildman–Crippen LogP) is 3.91. The summed E-state index contributed by atoms with van der Waals surface area (Å²) in [5.74, 6) is 1.38. The number of carbonyl (C=O) groups is 1. The fourth-order valence-corrected chi connectivity index (χ4v) is 5.97. The van der Waals surface area contributed by atoms with Gasteiger partial charge >= 0.3 is 0 Å². The maximum atomic E-state index is 11.7. The van der Waals surface area contributed by atoms with Crippen molar-refractivity contribution in [2.75, 3.05) is 5.32 Å². The van der Waals surface area contributed by atoms with Crippen LogP contribution in [0.2, 0.25) is 0 Å². The Labute approximate surface area is 154 Å². The molecule has 134 valence electrons. The first-order chi connectivity index (χ1) is 12.7. The van der Waals surface area contributed by atoms with Crippen LogP contribution < -0.4 is 10.4 Å². The number of aryl methyl sites for hydroxylation is 1. The number of benzene rings is 2. The van der Waals surface area contributed by atoms with Crippen LogP contribution in [0.15, 0.2) is 42.5 Å². The molecule has 0 saturated heterocycles. The number of fused-ring (bicyclic) bond motifs is 7. The molecule has 0 amide bonds. The Kier molecular flexibility index (Phi) is 3.59. The highest BCUT2D eigenvalue weighted by molar-refractivity contribution is 5.94. The minimum Gasteiger partial charge on any atom is -0.545 e. The molecule has 0 radical (unpaired) electrons. The van der Waals surface area contributed by atoms with Gasteiger partial charge in [0.2, 0.25) is 0 Å². The SMILES string of the molecule is CCc1ccc([C@H]2Nc3c(C(=O)[O-])cccc3[C@H]3[C@H]4CC[C@@H](C4)[C@@H]32)cc1. The Hall–Kier alpha value is -2.29. The van der Waals surface area contributed by atoms with Crippen LogP contribution in [0, 0.1) is 17.8 Å². The minimum atomic E-state index is -1.09. The Morgan fingerprint density at radius 3 is 2.62 bits per heavy atom. The lowest BCUT2D eigenvalue weighted by Gasteiger charge is -2.44. The Morgan fingerprint density at radius 1 is 1.12 bits per heavy atom. The third-order valence-electron chi connectivity index (χ3n) is 7.09. The van der Waals surface area contributed by atoms with Gasteiger partial charge in [-0.25, -0.2) is 0 Å². The second-order valence-electron chi connectivity index (χ2n) is 8.21. The molecule has 2 aromatic rings. The van der Waals surface area contributed by atoms with E-state index < -0.39 is 5.97 Å². The van der Waals surface area contributed by atoms with Gasteiger partial charge in [0.1, 0.15) is 0 Å². The number of carboxylic acid groups (broad SMARTS) is 1. The van der Waals surface area contributed by atoms with Crippen LogP contribution in [0.4, 0.5) is 5.69 Å². The number of anilines is 1. The van der Waals surface area contributed by atoms with Crippen LogP contribution in [0.5, 0.6) is 0 Å². The standard InChI is InChI=1S/C23H25NO2/c1-2-13-6-8-14(9-7-13)21-20-16-11-10-15(12-16)19(20)17-4-3-5-18(23(25)26)22(17)24-21/h3-9,15-16,19-21,24H,2,10-12H2,1H3,(H,25,26)/p-1/t15-,16-,19+,20-,21+/m0/s1. The van der Waals surface area contributed by atoms with Crippen LogP contribution in [-0.2, 0) is 6.42 Å². The molecule has 2 aliphatic carbocycles. The minimum absolute atomic E-state index is 0.189. The van der Waals surface area contributed by atoms with Crippen LogP contribution in [-0.4, -0.2) is 5.97 Å². The molecule has 26 heavy (non-hydrogen) atoms. The van der Waals surface area contributed by atoms with E-state index in [0.29, 0.717) is 23.3 Å². The maximum Gasteiger partial charge on any atom is 0.0736 e. The molecule has 2 saturated carbocycles. The second kappa shape index (κ2) is 5.87. The summed E-state index contributed by atoms with van der Waals surface area (Å²) in [4.78, 5) is 11.7. The van der Waals surface area contributed by atoms with Crippen LogP contribution >= 0.6 is 0 Å².